The topological polar surface area (TPSA) is 83.9 Å². The molecule has 1 aromatic rings. The molecule has 0 aliphatic carbocycles. The highest BCUT2D eigenvalue weighted by atomic mass is 35.5. The van der Waals surface area contributed by atoms with E-state index in [9.17, 15) is 13.2 Å². The van der Waals surface area contributed by atoms with Gasteiger partial charge in [0.05, 0.1) is 11.1 Å². The zero-order chi connectivity index (χ0) is 14.8. The first-order valence-electron chi connectivity index (χ1n) is 5.96. The van der Waals surface area contributed by atoms with E-state index < -0.39 is 16.0 Å². The standard InChI is InChI=1S/C11H14ClNO5S2/c12-9-6-19-7-10(9)20(16,17)13-3-1-8(2-4-13)18-5-11(14)15/h6-8H,1-5H2,(H,14,15). The molecule has 0 spiro atoms. The molecule has 1 fully saturated rings. The SMILES string of the molecule is O=C(O)COC1CCN(S(=O)(=O)c2cscc2Cl)CC1. The summed E-state index contributed by atoms with van der Waals surface area (Å²) in [5.74, 6) is -1.02. The summed E-state index contributed by atoms with van der Waals surface area (Å²) in [6, 6.07) is 0. The lowest BCUT2D eigenvalue weighted by atomic mass is 10.1. The molecule has 112 valence electrons. The van der Waals surface area contributed by atoms with E-state index in [1.54, 1.807) is 5.38 Å². The Morgan fingerprint density at radius 3 is 2.60 bits per heavy atom. The summed E-state index contributed by atoms with van der Waals surface area (Å²) in [5.41, 5.74) is 0. The molecule has 0 bridgehead atoms. The van der Waals surface area contributed by atoms with Gasteiger partial charge < -0.3 is 9.84 Å². The van der Waals surface area contributed by atoms with Crippen molar-refractivity contribution in [1.29, 1.82) is 0 Å². The van der Waals surface area contributed by atoms with Crippen molar-refractivity contribution in [3.63, 3.8) is 0 Å². The van der Waals surface area contributed by atoms with E-state index in [4.69, 9.17) is 21.4 Å². The van der Waals surface area contributed by atoms with Gasteiger partial charge in [-0.1, -0.05) is 11.6 Å². The van der Waals surface area contributed by atoms with E-state index in [1.165, 1.54) is 21.0 Å². The number of ether oxygens (including phenoxy) is 1. The Labute approximate surface area is 126 Å². The fraction of sp³-hybridized carbons (Fsp3) is 0.545. The molecule has 0 unspecified atom stereocenters. The van der Waals surface area contributed by atoms with Gasteiger partial charge in [-0.15, -0.1) is 11.3 Å². The second kappa shape index (κ2) is 6.40. The van der Waals surface area contributed by atoms with Gasteiger partial charge in [0.2, 0.25) is 10.0 Å². The summed E-state index contributed by atoms with van der Waals surface area (Å²) in [7, 11) is -3.56. The lowest BCUT2D eigenvalue weighted by molar-refractivity contribution is -0.145. The molecule has 2 heterocycles. The van der Waals surface area contributed by atoms with Crippen LogP contribution in [0.5, 0.6) is 0 Å². The molecule has 1 N–H and O–H groups in total. The zero-order valence-corrected chi connectivity index (χ0v) is 12.9. The minimum atomic E-state index is -3.56. The Kier molecular flexibility index (Phi) is 5.03. The first kappa shape index (κ1) is 15.7. The van der Waals surface area contributed by atoms with Crippen LogP contribution < -0.4 is 0 Å². The van der Waals surface area contributed by atoms with E-state index in [0.717, 1.165) is 0 Å². The molecule has 0 atom stereocenters. The highest BCUT2D eigenvalue weighted by Crippen LogP contribution is 2.30. The van der Waals surface area contributed by atoms with Gasteiger partial charge in [0.1, 0.15) is 11.5 Å². The third kappa shape index (κ3) is 3.50. The van der Waals surface area contributed by atoms with E-state index in [2.05, 4.69) is 0 Å². The van der Waals surface area contributed by atoms with Gasteiger partial charge in [-0.3, -0.25) is 0 Å². The van der Waals surface area contributed by atoms with Crippen molar-refractivity contribution in [2.24, 2.45) is 0 Å². The number of aliphatic carboxylic acids is 1. The Hall–Kier alpha value is -0.670. The van der Waals surface area contributed by atoms with Gasteiger partial charge >= 0.3 is 5.97 Å². The predicted molar refractivity (Wildman–Crippen MR) is 74.7 cm³/mol. The van der Waals surface area contributed by atoms with Gasteiger partial charge in [-0.25, -0.2) is 13.2 Å². The summed E-state index contributed by atoms with van der Waals surface area (Å²) in [4.78, 5) is 10.5. The molecular weight excluding hydrogens is 326 g/mol. The number of hydrogen-bond acceptors (Lipinski definition) is 5. The molecule has 0 saturated carbocycles. The minimum absolute atomic E-state index is 0.133. The van der Waals surface area contributed by atoms with Crippen molar-refractivity contribution in [2.45, 2.75) is 23.8 Å². The molecule has 0 amide bonds. The number of piperidine rings is 1. The van der Waals surface area contributed by atoms with Crippen LogP contribution in [0, 0.1) is 0 Å². The van der Waals surface area contributed by atoms with Gasteiger partial charge in [0, 0.05) is 23.8 Å². The molecule has 1 aliphatic rings. The normalized spacial score (nSPS) is 18.2. The first-order valence-corrected chi connectivity index (χ1v) is 8.72. The van der Waals surface area contributed by atoms with Crippen molar-refractivity contribution >= 4 is 38.9 Å². The van der Waals surface area contributed by atoms with Gasteiger partial charge in [-0.2, -0.15) is 4.31 Å². The fourth-order valence-electron chi connectivity index (χ4n) is 2.02. The number of nitrogens with zero attached hydrogens (tertiary/aromatic N) is 1. The van der Waals surface area contributed by atoms with Crippen LogP contribution in [0.4, 0.5) is 0 Å². The van der Waals surface area contributed by atoms with Gasteiger partial charge in [0.15, 0.2) is 0 Å². The molecule has 1 aromatic heterocycles. The fourth-order valence-corrected chi connectivity index (χ4v) is 5.16. The molecule has 1 saturated heterocycles. The van der Waals surface area contributed by atoms with Crippen molar-refractivity contribution in [1.82, 2.24) is 4.31 Å². The summed E-state index contributed by atoms with van der Waals surface area (Å²) in [6.07, 6.45) is 0.748. The third-order valence-electron chi connectivity index (χ3n) is 3.04. The number of rotatable bonds is 5. The molecule has 6 nitrogen and oxygen atoms in total. The highest BCUT2D eigenvalue weighted by molar-refractivity contribution is 7.89. The maximum atomic E-state index is 12.4. The minimum Gasteiger partial charge on any atom is -0.480 e. The van der Waals surface area contributed by atoms with Crippen LogP contribution in [-0.4, -0.2) is 49.6 Å². The van der Waals surface area contributed by atoms with Crippen LogP contribution in [0.15, 0.2) is 15.7 Å². The Morgan fingerprint density at radius 1 is 1.45 bits per heavy atom. The van der Waals surface area contributed by atoms with Crippen LogP contribution in [0.2, 0.25) is 5.02 Å². The van der Waals surface area contributed by atoms with E-state index in [-0.39, 0.29) is 22.6 Å². The molecule has 0 radical (unpaired) electrons. The number of carboxylic acid groups (broad SMARTS) is 1. The summed E-state index contributed by atoms with van der Waals surface area (Å²) in [6.45, 7) is 0.255. The highest BCUT2D eigenvalue weighted by Gasteiger charge is 2.31. The molecule has 0 aromatic carbocycles. The summed E-state index contributed by atoms with van der Waals surface area (Å²) < 4.78 is 31.2. The second-order valence-corrected chi connectivity index (χ2v) is 7.45. The number of thiophene rings is 1. The molecule has 9 heteroatoms. The van der Waals surface area contributed by atoms with Crippen molar-refractivity contribution in [2.75, 3.05) is 19.7 Å². The molecule has 20 heavy (non-hydrogen) atoms. The lowest BCUT2D eigenvalue weighted by Gasteiger charge is -2.30. The molecular formula is C11H14ClNO5S2. The maximum Gasteiger partial charge on any atom is 0.329 e. The maximum absolute atomic E-state index is 12.4. The number of hydrogen-bond donors (Lipinski definition) is 1. The Morgan fingerprint density at radius 2 is 2.10 bits per heavy atom. The van der Waals surface area contributed by atoms with Crippen LogP contribution in [0.3, 0.4) is 0 Å². The summed E-state index contributed by atoms with van der Waals surface area (Å²) >= 11 is 7.11. The third-order valence-corrected chi connectivity index (χ3v) is 6.43. The smallest absolute Gasteiger partial charge is 0.329 e. The Bertz CT molecular complexity index is 577. The average Bonchev–Trinajstić information content (AvgIpc) is 2.84. The van der Waals surface area contributed by atoms with Gasteiger partial charge in [0.25, 0.3) is 0 Å². The molecule has 2 rings (SSSR count). The van der Waals surface area contributed by atoms with Gasteiger partial charge in [-0.05, 0) is 12.8 Å². The van der Waals surface area contributed by atoms with Crippen LogP contribution >= 0.6 is 22.9 Å². The van der Waals surface area contributed by atoms with E-state index >= 15 is 0 Å². The zero-order valence-electron chi connectivity index (χ0n) is 10.5. The number of halogens is 1. The molecule has 1 aliphatic heterocycles. The van der Waals surface area contributed by atoms with Crippen molar-refractivity contribution in [3.8, 4) is 0 Å². The average molecular weight is 340 g/mol. The quantitative estimate of drug-likeness (QED) is 0.882. The van der Waals surface area contributed by atoms with E-state index in [0.29, 0.717) is 25.9 Å². The van der Waals surface area contributed by atoms with Crippen LogP contribution in [-0.2, 0) is 19.6 Å². The first-order chi connectivity index (χ1) is 9.41. The second-order valence-electron chi connectivity index (χ2n) is 4.39. The van der Waals surface area contributed by atoms with Crippen LogP contribution in [0.1, 0.15) is 12.8 Å². The number of carboxylic acids is 1. The largest absolute Gasteiger partial charge is 0.480 e. The number of sulfonamides is 1. The van der Waals surface area contributed by atoms with Crippen molar-refractivity contribution in [3.05, 3.63) is 15.8 Å². The Balaban J connectivity index is 1.97. The van der Waals surface area contributed by atoms with Crippen molar-refractivity contribution < 1.29 is 23.1 Å². The predicted octanol–water partition coefficient (Wildman–Crippen LogP) is 1.66. The number of carbonyl (C=O) groups is 1. The monoisotopic (exact) mass is 339 g/mol. The summed E-state index contributed by atoms with van der Waals surface area (Å²) in [5, 5.41) is 11.9. The van der Waals surface area contributed by atoms with Crippen LogP contribution in [0.25, 0.3) is 0 Å². The lowest BCUT2D eigenvalue weighted by Crippen LogP contribution is -2.41. The van der Waals surface area contributed by atoms with E-state index in [1.807, 2.05) is 0 Å².